The van der Waals surface area contributed by atoms with Gasteiger partial charge in [0.05, 0.1) is 10.6 Å². The molecule has 0 fully saturated rings. The van der Waals surface area contributed by atoms with E-state index in [1.807, 2.05) is 12.1 Å². The molecule has 150 valence electrons. The first kappa shape index (κ1) is 21.0. The van der Waals surface area contributed by atoms with Gasteiger partial charge in [0.1, 0.15) is 10.8 Å². The Labute approximate surface area is 175 Å². The van der Waals surface area contributed by atoms with Crippen LogP contribution < -0.4 is 10.1 Å². The van der Waals surface area contributed by atoms with Crippen LogP contribution >= 0.6 is 23.4 Å². The van der Waals surface area contributed by atoms with Gasteiger partial charge < -0.3 is 10.1 Å². The van der Waals surface area contributed by atoms with Crippen molar-refractivity contribution in [2.45, 2.75) is 23.8 Å². The molecule has 2 heterocycles. The maximum atomic E-state index is 13.0. The SMILES string of the molecule is CC(F)(F)Oc1ccc(NC(=O)c2cccnc2SCc2ccncc2)cc1Cl. The second-order valence-corrected chi connectivity index (χ2v) is 7.38. The Hall–Kier alpha value is -2.71. The summed E-state index contributed by atoms with van der Waals surface area (Å²) >= 11 is 7.40. The molecule has 9 heteroatoms. The number of amides is 1. The van der Waals surface area contributed by atoms with Crippen molar-refractivity contribution in [1.82, 2.24) is 9.97 Å². The van der Waals surface area contributed by atoms with Gasteiger partial charge in [0.2, 0.25) is 0 Å². The molecule has 5 nitrogen and oxygen atoms in total. The minimum absolute atomic E-state index is 0.0391. The molecule has 1 aromatic carbocycles. The zero-order chi connectivity index (χ0) is 20.9. The van der Waals surface area contributed by atoms with Crippen LogP contribution in [-0.2, 0) is 5.75 Å². The fourth-order valence-electron chi connectivity index (χ4n) is 2.36. The number of benzene rings is 1. The molecular formula is C20H16ClF2N3O2S. The second-order valence-electron chi connectivity index (χ2n) is 6.01. The van der Waals surface area contributed by atoms with Crippen molar-refractivity contribution in [3.05, 3.63) is 77.2 Å². The zero-order valence-corrected chi connectivity index (χ0v) is 16.8. The second kappa shape index (κ2) is 9.19. The Kier molecular flexibility index (Phi) is 6.66. The summed E-state index contributed by atoms with van der Waals surface area (Å²) in [6, 6.07) is 11.2. The Balaban J connectivity index is 1.72. The first-order valence-electron chi connectivity index (χ1n) is 8.46. The number of carbonyl (C=O) groups is 1. The van der Waals surface area contributed by atoms with Crippen LogP contribution in [-0.4, -0.2) is 22.0 Å². The molecule has 0 radical (unpaired) electrons. The number of nitrogens with one attached hydrogen (secondary N) is 1. The van der Waals surface area contributed by atoms with Crippen LogP contribution in [0, 0.1) is 0 Å². The van der Waals surface area contributed by atoms with Crippen LogP contribution in [0.15, 0.2) is 66.1 Å². The van der Waals surface area contributed by atoms with Crippen LogP contribution in [0.5, 0.6) is 5.75 Å². The highest BCUT2D eigenvalue weighted by Gasteiger charge is 2.24. The van der Waals surface area contributed by atoms with Gasteiger partial charge in [-0.15, -0.1) is 11.8 Å². The van der Waals surface area contributed by atoms with Crippen molar-refractivity contribution in [2.75, 3.05) is 5.32 Å². The lowest BCUT2D eigenvalue weighted by molar-refractivity contribution is -0.158. The molecule has 0 unspecified atom stereocenters. The minimum Gasteiger partial charge on any atom is -0.431 e. The van der Waals surface area contributed by atoms with E-state index in [1.54, 1.807) is 30.7 Å². The fraction of sp³-hybridized carbons (Fsp3) is 0.150. The standard InChI is InChI=1S/C20H16ClF2N3O2S/c1-20(22,23)28-17-5-4-14(11-16(17)21)26-18(27)15-3-2-8-25-19(15)29-12-13-6-9-24-10-7-13/h2-11H,12H2,1H3,(H,26,27). The number of nitrogens with zero attached hydrogens (tertiary/aromatic N) is 2. The fourth-order valence-corrected chi connectivity index (χ4v) is 3.53. The largest absolute Gasteiger partial charge is 0.431 e. The number of anilines is 1. The molecule has 0 aliphatic carbocycles. The van der Waals surface area contributed by atoms with Crippen molar-refractivity contribution in [3.8, 4) is 5.75 Å². The van der Waals surface area contributed by atoms with Crippen LogP contribution in [0.1, 0.15) is 22.8 Å². The number of rotatable bonds is 7. The average Bonchev–Trinajstić information content (AvgIpc) is 2.68. The molecule has 1 amide bonds. The van der Waals surface area contributed by atoms with E-state index in [0.29, 0.717) is 29.0 Å². The highest BCUT2D eigenvalue weighted by molar-refractivity contribution is 7.98. The van der Waals surface area contributed by atoms with Gasteiger partial charge in [-0.3, -0.25) is 9.78 Å². The van der Waals surface area contributed by atoms with Gasteiger partial charge in [0, 0.05) is 37.0 Å². The maximum Gasteiger partial charge on any atom is 0.394 e. The average molecular weight is 436 g/mol. The molecule has 2 aromatic heterocycles. The van der Waals surface area contributed by atoms with Crippen molar-refractivity contribution < 1.29 is 18.3 Å². The topological polar surface area (TPSA) is 64.1 Å². The van der Waals surface area contributed by atoms with E-state index >= 15 is 0 Å². The highest BCUT2D eigenvalue weighted by Crippen LogP contribution is 2.32. The summed E-state index contributed by atoms with van der Waals surface area (Å²) in [5.74, 6) is 0.0659. The zero-order valence-electron chi connectivity index (χ0n) is 15.2. The van der Waals surface area contributed by atoms with Gasteiger partial charge in [-0.2, -0.15) is 8.78 Å². The number of halogens is 3. The van der Waals surface area contributed by atoms with Crippen LogP contribution in [0.3, 0.4) is 0 Å². The number of carbonyl (C=O) groups excluding carboxylic acids is 1. The van der Waals surface area contributed by atoms with Crippen molar-refractivity contribution >= 4 is 35.0 Å². The summed E-state index contributed by atoms with van der Waals surface area (Å²) in [7, 11) is 0. The first-order valence-corrected chi connectivity index (χ1v) is 9.82. The summed E-state index contributed by atoms with van der Waals surface area (Å²) in [4.78, 5) is 21.0. The summed E-state index contributed by atoms with van der Waals surface area (Å²) < 4.78 is 30.5. The molecule has 0 aliphatic rings. The lowest BCUT2D eigenvalue weighted by Crippen LogP contribution is -2.19. The van der Waals surface area contributed by atoms with Crippen LogP contribution in [0.4, 0.5) is 14.5 Å². The lowest BCUT2D eigenvalue weighted by atomic mass is 10.2. The maximum absolute atomic E-state index is 13.0. The number of hydrogen-bond acceptors (Lipinski definition) is 5. The highest BCUT2D eigenvalue weighted by atomic mass is 35.5. The van der Waals surface area contributed by atoms with Crippen LogP contribution in [0.25, 0.3) is 0 Å². The number of alkyl halides is 2. The van der Waals surface area contributed by atoms with E-state index in [0.717, 1.165) is 5.56 Å². The number of hydrogen-bond donors (Lipinski definition) is 1. The number of thioether (sulfide) groups is 1. The van der Waals surface area contributed by atoms with Crippen molar-refractivity contribution in [1.29, 1.82) is 0 Å². The molecule has 0 saturated heterocycles. The van der Waals surface area contributed by atoms with E-state index in [1.165, 1.54) is 30.0 Å². The minimum atomic E-state index is -3.36. The predicted octanol–water partition coefficient (Wildman–Crippen LogP) is 5.67. The van der Waals surface area contributed by atoms with E-state index in [2.05, 4.69) is 20.0 Å². The summed E-state index contributed by atoms with van der Waals surface area (Å²) in [6.07, 6.45) is 1.66. The molecule has 0 saturated carbocycles. The number of aromatic nitrogens is 2. The molecule has 0 aliphatic heterocycles. The quantitative estimate of drug-likeness (QED) is 0.485. The molecular weight excluding hydrogens is 420 g/mol. The van der Waals surface area contributed by atoms with Crippen molar-refractivity contribution in [2.24, 2.45) is 0 Å². The molecule has 0 bridgehead atoms. The third-order valence-corrected chi connectivity index (χ3v) is 4.99. The van der Waals surface area contributed by atoms with Crippen molar-refractivity contribution in [3.63, 3.8) is 0 Å². The van der Waals surface area contributed by atoms with E-state index in [-0.39, 0.29) is 16.7 Å². The first-order chi connectivity index (χ1) is 13.8. The Morgan fingerprint density at radius 3 is 2.66 bits per heavy atom. The normalized spacial score (nSPS) is 11.2. The molecule has 0 atom stereocenters. The van der Waals surface area contributed by atoms with E-state index < -0.39 is 6.11 Å². The van der Waals surface area contributed by atoms with E-state index in [9.17, 15) is 13.6 Å². The number of pyridine rings is 2. The third kappa shape index (κ3) is 6.13. The molecule has 3 rings (SSSR count). The van der Waals surface area contributed by atoms with Gasteiger partial charge in [-0.05, 0) is 48.0 Å². The summed E-state index contributed by atoms with van der Waals surface area (Å²) in [5, 5.41) is 3.23. The molecule has 1 N–H and O–H groups in total. The lowest BCUT2D eigenvalue weighted by Gasteiger charge is -2.15. The van der Waals surface area contributed by atoms with E-state index in [4.69, 9.17) is 11.6 Å². The molecule has 3 aromatic rings. The monoisotopic (exact) mass is 435 g/mol. The summed E-state index contributed by atoms with van der Waals surface area (Å²) in [6.45, 7) is 0.618. The Bertz CT molecular complexity index is 1000. The Morgan fingerprint density at radius 1 is 1.21 bits per heavy atom. The van der Waals surface area contributed by atoms with Gasteiger partial charge in [0.15, 0.2) is 0 Å². The molecule has 29 heavy (non-hydrogen) atoms. The number of ether oxygens (including phenoxy) is 1. The summed E-state index contributed by atoms with van der Waals surface area (Å²) in [5.41, 5.74) is 1.79. The third-order valence-electron chi connectivity index (χ3n) is 3.62. The van der Waals surface area contributed by atoms with Gasteiger partial charge >= 0.3 is 6.11 Å². The Morgan fingerprint density at radius 2 is 1.97 bits per heavy atom. The van der Waals surface area contributed by atoms with Gasteiger partial charge in [-0.25, -0.2) is 4.98 Å². The predicted molar refractivity (Wildman–Crippen MR) is 109 cm³/mol. The van der Waals surface area contributed by atoms with Crippen LogP contribution in [0.2, 0.25) is 5.02 Å². The van der Waals surface area contributed by atoms with Gasteiger partial charge in [0.25, 0.3) is 5.91 Å². The molecule has 0 spiro atoms. The van der Waals surface area contributed by atoms with Gasteiger partial charge in [-0.1, -0.05) is 11.6 Å². The smallest absolute Gasteiger partial charge is 0.394 e.